The Kier molecular flexibility index (Phi) is 3.49. The van der Waals surface area contributed by atoms with Gasteiger partial charge in [-0.15, -0.1) is 0 Å². The second-order valence-corrected chi connectivity index (χ2v) is 4.76. The largest absolute Gasteiger partial charge is 0.369 e. The molecule has 0 aromatic heterocycles. The molecular formula is C14H22N2. The van der Waals surface area contributed by atoms with Crippen molar-refractivity contribution in [1.29, 1.82) is 0 Å². The lowest BCUT2D eigenvalue weighted by molar-refractivity contribution is 0.312. The van der Waals surface area contributed by atoms with Crippen LogP contribution in [0, 0.1) is 6.92 Å². The van der Waals surface area contributed by atoms with Crippen molar-refractivity contribution < 1.29 is 0 Å². The third-order valence-electron chi connectivity index (χ3n) is 3.53. The van der Waals surface area contributed by atoms with Crippen molar-refractivity contribution in [2.75, 3.05) is 38.1 Å². The maximum Gasteiger partial charge on any atom is 0.0399 e. The molecule has 1 aliphatic heterocycles. The highest BCUT2D eigenvalue weighted by Crippen LogP contribution is 2.23. The van der Waals surface area contributed by atoms with Gasteiger partial charge in [-0.05, 0) is 37.6 Å². The van der Waals surface area contributed by atoms with Crippen molar-refractivity contribution in [3.05, 3.63) is 29.3 Å². The Bertz CT molecular complexity index is 352. The summed E-state index contributed by atoms with van der Waals surface area (Å²) in [5, 5.41) is 0. The Balaban J connectivity index is 2.19. The summed E-state index contributed by atoms with van der Waals surface area (Å²) in [5.41, 5.74) is 4.29. The standard InChI is InChI=1S/C14H22N2/c1-4-13-6-5-12(2)14(11-13)16-9-7-15(3)8-10-16/h5-6,11H,4,7-10H2,1-3H3. The van der Waals surface area contributed by atoms with E-state index in [-0.39, 0.29) is 0 Å². The summed E-state index contributed by atoms with van der Waals surface area (Å²) in [4.78, 5) is 4.92. The predicted octanol–water partition coefficient (Wildman–Crippen LogP) is 2.31. The predicted molar refractivity (Wildman–Crippen MR) is 70.3 cm³/mol. The second kappa shape index (κ2) is 4.88. The van der Waals surface area contributed by atoms with E-state index in [1.807, 2.05) is 0 Å². The number of benzene rings is 1. The molecule has 0 amide bonds. The number of rotatable bonds is 2. The molecule has 0 atom stereocenters. The maximum atomic E-state index is 2.52. The van der Waals surface area contributed by atoms with Gasteiger partial charge in [0.15, 0.2) is 0 Å². The minimum Gasteiger partial charge on any atom is -0.369 e. The Morgan fingerprint density at radius 2 is 1.81 bits per heavy atom. The summed E-state index contributed by atoms with van der Waals surface area (Å²) < 4.78 is 0. The second-order valence-electron chi connectivity index (χ2n) is 4.76. The zero-order chi connectivity index (χ0) is 11.5. The Morgan fingerprint density at radius 1 is 1.12 bits per heavy atom. The molecule has 1 heterocycles. The van der Waals surface area contributed by atoms with Gasteiger partial charge in [-0.3, -0.25) is 0 Å². The smallest absolute Gasteiger partial charge is 0.0399 e. The molecule has 2 heteroatoms. The number of likely N-dealkylation sites (N-methyl/N-ethyl adjacent to an activating group) is 1. The van der Waals surface area contributed by atoms with Crippen molar-refractivity contribution >= 4 is 5.69 Å². The van der Waals surface area contributed by atoms with Gasteiger partial charge in [0.05, 0.1) is 0 Å². The number of hydrogen-bond acceptors (Lipinski definition) is 2. The third kappa shape index (κ3) is 2.38. The Hall–Kier alpha value is -1.02. The highest BCUT2D eigenvalue weighted by molar-refractivity contribution is 5.55. The zero-order valence-electron chi connectivity index (χ0n) is 10.7. The molecule has 0 N–H and O–H groups in total. The molecule has 2 rings (SSSR count). The first-order valence-electron chi connectivity index (χ1n) is 6.23. The van der Waals surface area contributed by atoms with Gasteiger partial charge in [0.25, 0.3) is 0 Å². The minimum atomic E-state index is 1.13. The average molecular weight is 218 g/mol. The van der Waals surface area contributed by atoms with Gasteiger partial charge in [0.2, 0.25) is 0 Å². The molecule has 1 aliphatic rings. The van der Waals surface area contributed by atoms with Crippen LogP contribution in [0.1, 0.15) is 18.1 Å². The number of piperazine rings is 1. The van der Waals surface area contributed by atoms with Crippen molar-refractivity contribution in [3.63, 3.8) is 0 Å². The molecule has 1 aromatic rings. The van der Waals surface area contributed by atoms with Crippen molar-refractivity contribution in [3.8, 4) is 0 Å². The van der Waals surface area contributed by atoms with Gasteiger partial charge >= 0.3 is 0 Å². The summed E-state index contributed by atoms with van der Waals surface area (Å²) >= 11 is 0. The monoisotopic (exact) mass is 218 g/mol. The first-order valence-corrected chi connectivity index (χ1v) is 6.23. The van der Waals surface area contributed by atoms with Gasteiger partial charge in [0.1, 0.15) is 0 Å². The van der Waals surface area contributed by atoms with Crippen molar-refractivity contribution in [2.24, 2.45) is 0 Å². The molecule has 1 fully saturated rings. The van der Waals surface area contributed by atoms with Crippen LogP contribution in [0.3, 0.4) is 0 Å². The summed E-state index contributed by atoms with van der Waals surface area (Å²) in [6, 6.07) is 6.86. The Labute approximate surface area is 98.9 Å². The van der Waals surface area contributed by atoms with E-state index in [4.69, 9.17) is 0 Å². The quantitative estimate of drug-likeness (QED) is 0.751. The van der Waals surface area contributed by atoms with Gasteiger partial charge in [0, 0.05) is 31.9 Å². The molecule has 0 radical (unpaired) electrons. The van der Waals surface area contributed by atoms with Gasteiger partial charge in [-0.2, -0.15) is 0 Å². The molecule has 0 saturated carbocycles. The Morgan fingerprint density at radius 3 is 2.44 bits per heavy atom. The first kappa shape index (κ1) is 11.5. The van der Waals surface area contributed by atoms with Crippen LogP contribution in [0.25, 0.3) is 0 Å². The lowest BCUT2D eigenvalue weighted by Gasteiger charge is -2.35. The summed E-state index contributed by atoms with van der Waals surface area (Å²) in [6.45, 7) is 9.10. The number of hydrogen-bond donors (Lipinski definition) is 0. The molecule has 2 nitrogen and oxygen atoms in total. The van der Waals surface area contributed by atoms with Crippen LogP contribution in [0.2, 0.25) is 0 Å². The van der Waals surface area contributed by atoms with Crippen LogP contribution >= 0.6 is 0 Å². The van der Waals surface area contributed by atoms with Crippen molar-refractivity contribution in [1.82, 2.24) is 4.90 Å². The van der Waals surface area contributed by atoms with E-state index in [1.165, 1.54) is 29.9 Å². The van der Waals surface area contributed by atoms with E-state index >= 15 is 0 Å². The molecule has 0 spiro atoms. The number of anilines is 1. The lowest BCUT2D eigenvalue weighted by atomic mass is 10.1. The molecule has 88 valence electrons. The van der Waals surface area contributed by atoms with Crippen LogP contribution in [0.5, 0.6) is 0 Å². The lowest BCUT2D eigenvalue weighted by Crippen LogP contribution is -2.44. The molecular weight excluding hydrogens is 196 g/mol. The minimum absolute atomic E-state index is 1.13. The maximum absolute atomic E-state index is 2.52. The normalized spacial score (nSPS) is 17.8. The van der Waals surface area contributed by atoms with Crippen LogP contribution < -0.4 is 4.90 Å². The van der Waals surface area contributed by atoms with E-state index in [2.05, 4.69) is 48.9 Å². The summed E-state index contributed by atoms with van der Waals surface area (Å²) in [5.74, 6) is 0. The fourth-order valence-electron chi connectivity index (χ4n) is 2.26. The molecule has 0 aliphatic carbocycles. The summed E-state index contributed by atoms with van der Waals surface area (Å²) in [6.07, 6.45) is 1.13. The number of aryl methyl sites for hydroxylation is 2. The fourth-order valence-corrected chi connectivity index (χ4v) is 2.26. The van der Waals surface area contributed by atoms with Crippen LogP contribution in [-0.2, 0) is 6.42 Å². The molecule has 0 unspecified atom stereocenters. The van der Waals surface area contributed by atoms with Gasteiger partial charge < -0.3 is 9.80 Å². The molecule has 0 bridgehead atoms. The van der Waals surface area contributed by atoms with E-state index in [1.54, 1.807) is 0 Å². The van der Waals surface area contributed by atoms with E-state index < -0.39 is 0 Å². The molecule has 1 saturated heterocycles. The fraction of sp³-hybridized carbons (Fsp3) is 0.571. The van der Waals surface area contributed by atoms with Crippen LogP contribution in [0.4, 0.5) is 5.69 Å². The van der Waals surface area contributed by atoms with E-state index in [9.17, 15) is 0 Å². The SMILES string of the molecule is CCc1ccc(C)c(N2CCN(C)CC2)c1. The average Bonchev–Trinajstić information content (AvgIpc) is 2.31. The van der Waals surface area contributed by atoms with Gasteiger partial charge in [-0.1, -0.05) is 19.1 Å². The van der Waals surface area contributed by atoms with Crippen LogP contribution in [-0.4, -0.2) is 38.1 Å². The highest BCUT2D eigenvalue weighted by atomic mass is 15.2. The zero-order valence-corrected chi connectivity index (χ0v) is 10.7. The summed E-state index contributed by atoms with van der Waals surface area (Å²) in [7, 11) is 2.20. The van der Waals surface area contributed by atoms with Gasteiger partial charge in [-0.25, -0.2) is 0 Å². The third-order valence-corrected chi connectivity index (χ3v) is 3.53. The molecule has 16 heavy (non-hydrogen) atoms. The highest BCUT2D eigenvalue weighted by Gasteiger charge is 2.15. The first-order chi connectivity index (χ1) is 7.70. The van der Waals surface area contributed by atoms with Crippen molar-refractivity contribution in [2.45, 2.75) is 20.3 Å². The molecule has 1 aromatic carbocycles. The number of nitrogens with zero attached hydrogens (tertiary/aromatic N) is 2. The van der Waals surface area contributed by atoms with Crippen LogP contribution in [0.15, 0.2) is 18.2 Å². The van der Waals surface area contributed by atoms with E-state index in [0.717, 1.165) is 19.5 Å². The van der Waals surface area contributed by atoms with E-state index in [0.29, 0.717) is 0 Å². The topological polar surface area (TPSA) is 6.48 Å².